The number of amides is 1. The summed E-state index contributed by atoms with van der Waals surface area (Å²) in [4.78, 5) is 17.0. The predicted molar refractivity (Wildman–Crippen MR) is 116 cm³/mol. The van der Waals surface area contributed by atoms with Crippen LogP contribution in [0.3, 0.4) is 0 Å². The lowest BCUT2D eigenvalue weighted by molar-refractivity contribution is 0.0953. The van der Waals surface area contributed by atoms with Crippen LogP contribution in [0.1, 0.15) is 47.9 Å². The Hall–Kier alpha value is -2.88. The summed E-state index contributed by atoms with van der Waals surface area (Å²) in [6.07, 6.45) is 4.02. The lowest BCUT2D eigenvalue weighted by Crippen LogP contribution is -2.24. The molecular weight excluding hydrogens is 346 g/mol. The zero-order valence-corrected chi connectivity index (χ0v) is 16.9. The Labute approximate surface area is 167 Å². The highest BCUT2D eigenvalue weighted by atomic mass is 16.1. The average Bonchev–Trinajstić information content (AvgIpc) is 3.01. The molecule has 1 N–H and O–H groups in total. The summed E-state index contributed by atoms with van der Waals surface area (Å²) in [6, 6.07) is 16.0. The third-order valence-corrected chi connectivity index (χ3v) is 4.80. The summed E-state index contributed by atoms with van der Waals surface area (Å²) in [5.41, 5.74) is 5.18. The van der Waals surface area contributed by atoms with E-state index >= 15 is 0 Å². The number of aryl methyl sites for hydroxylation is 2. The molecule has 0 atom stereocenters. The van der Waals surface area contributed by atoms with Gasteiger partial charge >= 0.3 is 0 Å². The van der Waals surface area contributed by atoms with Gasteiger partial charge in [-0.15, -0.1) is 0 Å². The van der Waals surface area contributed by atoms with Gasteiger partial charge < -0.3 is 9.88 Å². The molecule has 1 aromatic heterocycles. The molecule has 0 aliphatic carbocycles. The van der Waals surface area contributed by atoms with E-state index in [0.29, 0.717) is 6.54 Å². The number of unbranched alkanes of at least 4 members (excludes halogenated alkanes) is 2. The van der Waals surface area contributed by atoms with Gasteiger partial charge in [0.05, 0.1) is 11.0 Å². The fourth-order valence-electron chi connectivity index (χ4n) is 3.44. The van der Waals surface area contributed by atoms with Gasteiger partial charge in [-0.2, -0.15) is 0 Å². The summed E-state index contributed by atoms with van der Waals surface area (Å²) < 4.78 is 2.27. The van der Waals surface area contributed by atoms with Gasteiger partial charge in [-0.05, 0) is 51.0 Å². The number of rotatable bonds is 9. The lowest BCUT2D eigenvalue weighted by Gasteiger charge is -2.09. The molecule has 0 bridgehead atoms. The first kappa shape index (κ1) is 19.9. The number of imidazole rings is 1. The second kappa shape index (κ2) is 9.36. The summed E-state index contributed by atoms with van der Waals surface area (Å²) in [6.45, 7) is 9.62. The zero-order valence-electron chi connectivity index (χ0n) is 16.9. The number of hydrogen-bond acceptors (Lipinski definition) is 2. The molecule has 0 saturated carbocycles. The predicted octanol–water partition coefficient (Wildman–Crippen LogP) is 5.06. The van der Waals surface area contributed by atoms with Crippen LogP contribution >= 0.6 is 0 Å². The second-order valence-electron chi connectivity index (χ2n) is 7.50. The minimum atomic E-state index is 0.00644. The number of nitrogens with zero attached hydrogens (tertiary/aromatic N) is 2. The van der Waals surface area contributed by atoms with E-state index in [-0.39, 0.29) is 5.91 Å². The Morgan fingerprint density at radius 1 is 1.11 bits per heavy atom. The molecule has 0 aliphatic heterocycles. The molecule has 2 aromatic carbocycles. The maximum atomic E-state index is 12.2. The first-order valence-corrected chi connectivity index (χ1v) is 9.98. The smallest absolute Gasteiger partial charge is 0.251 e. The van der Waals surface area contributed by atoms with E-state index in [1.807, 2.05) is 37.3 Å². The number of nitrogens with one attached hydrogen (secondary N) is 1. The summed E-state index contributed by atoms with van der Waals surface area (Å²) >= 11 is 0. The van der Waals surface area contributed by atoms with E-state index in [1.54, 1.807) is 0 Å². The van der Waals surface area contributed by atoms with Crippen LogP contribution < -0.4 is 5.32 Å². The van der Waals surface area contributed by atoms with Gasteiger partial charge in [0.15, 0.2) is 0 Å². The molecule has 0 aliphatic rings. The van der Waals surface area contributed by atoms with E-state index in [2.05, 4.69) is 41.6 Å². The number of benzene rings is 2. The third-order valence-electron chi connectivity index (χ3n) is 4.80. The van der Waals surface area contributed by atoms with Crippen LogP contribution in [0.25, 0.3) is 11.0 Å². The van der Waals surface area contributed by atoms with Crippen molar-refractivity contribution in [3.63, 3.8) is 0 Å². The fourth-order valence-corrected chi connectivity index (χ4v) is 3.44. The van der Waals surface area contributed by atoms with Crippen LogP contribution in [0.2, 0.25) is 0 Å². The first-order valence-electron chi connectivity index (χ1n) is 9.98. The monoisotopic (exact) mass is 375 g/mol. The highest BCUT2D eigenvalue weighted by Gasteiger charge is 2.10. The maximum Gasteiger partial charge on any atom is 0.251 e. The van der Waals surface area contributed by atoms with Crippen LogP contribution in [-0.2, 0) is 13.0 Å². The van der Waals surface area contributed by atoms with Gasteiger partial charge in [-0.3, -0.25) is 4.79 Å². The van der Waals surface area contributed by atoms with Crippen molar-refractivity contribution in [1.29, 1.82) is 0 Å². The van der Waals surface area contributed by atoms with Crippen LogP contribution in [-0.4, -0.2) is 22.0 Å². The molecule has 3 aromatic rings. The molecular formula is C24H29N3O. The Balaban J connectivity index is 1.48. The molecule has 0 fully saturated rings. The second-order valence-corrected chi connectivity index (χ2v) is 7.50. The standard InChI is InChI=1S/C24H29N3O/c1-18(2)17-27-22-13-7-6-12-21(22)26-23(27)14-5-4-8-15-25-24(28)20-11-9-10-19(3)16-20/h6-7,9-13,16H,1,4-5,8,14-15,17H2,2-3H3,(H,25,28). The molecule has 4 nitrogen and oxygen atoms in total. The molecule has 0 radical (unpaired) electrons. The molecule has 146 valence electrons. The van der Waals surface area contributed by atoms with E-state index in [0.717, 1.165) is 60.3 Å². The number of allylic oxidation sites excluding steroid dienone is 1. The van der Waals surface area contributed by atoms with Crippen molar-refractivity contribution < 1.29 is 4.79 Å². The van der Waals surface area contributed by atoms with Crippen LogP contribution in [0, 0.1) is 6.92 Å². The average molecular weight is 376 g/mol. The molecule has 0 unspecified atom stereocenters. The van der Waals surface area contributed by atoms with Crippen molar-refractivity contribution in [3.8, 4) is 0 Å². The minimum Gasteiger partial charge on any atom is -0.352 e. The van der Waals surface area contributed by atoms with Gasteiger partial charge in [0, 0.05) is 25.1 Å². The largest absolute Gasteiger partial charge is 0.352 e. The minimum absolute atomic E-state index is 0.00644. The van der Waals surface area contributed by atoms with Gasteiger partial charge in [-0.25, -0.2) is 4.98 Å². The van der Waals surface area contributed by atoms with Crippen LogP contribution in [0.15, 0.2) is 60.7 Å². The Morgan fingerprint density at radius 2 is 1.93 bits per heavy atom. The zero-order chi connectivity index (χ0) is 19.9. The number of carbonyl (C=O) groups is 1. The SMILES string of the molecule is C=C(C)Cn1c(CCCCCNC(=O)c2cccc(C)c2)nc2ccccc21. The number of carbonyl (C=O) groups excluding carboxylic acids is 1. The van der Waals surface area contributed by atoms with E-state index in [9.17, 15) is 4.79 Å². The number of para-hydroxylation sites is 2. The topological polar surface area (TPSA) is 46.9 Å². The first-order chi connectivity index (χ1) is 13.5. The normalized spacial score (nSPS) is 10.9. The Kier molecular flexibility index (Phi) is 6.64. The van der Waals surface area contributed by atoms with Crippen molar-refractivity contribution in [1.82, 2.24) is 14.9 Å². The number of fused-ring (bicyclic) bond motifs is 1. The number of hydrogen-bond donors (Lipinski definition) is 1. The van der Waals surface area contributed by atoms with Crippen molar-refractivity contribution in [3.05, 3.63) is 77.6 Å². The van der Waals surface area contributed by atoms with Crippen molar-refractivity contribution in [2.45, 2.75) is 46.1 Å². The Morgan fingerprint density at radius 3 is 2.71 bits per heavy atom. The maximum absolute atomic E-state index is 12.2. The summed E-state index contributed by atoms with van der Waals surface area (Å²) in [7, 11) is 0. The molecule has 0 saturated heterocycles. The molecule has 3 rings (SSSR count). The van der Waals surface area contributed by atoms with Crippen molar-refractivity contribution in [2.24, 2.45) is 0 Å². The summed E-state index contributed by atoms with van der Waals surface area (Å²) in [5, 5.41) is 3.01. The highest BCUT2D eigenvalue weighted by molar-refractivity contribution is 5.94. The van der Waals surface area contributed by atoms with Crippen molar-refractivity contribution >= 4 is 16.9 Å². The molecule has 1 amide bonds. The summed E-state index contributed by atoms with van der Waals surface area (Å²) in [5.74, 6) is 1.12. The quantitative estimate of drug-likeness (QED) is 0.419. The fraction of sp³-hybridized carbons (Fsp3) is 0.333. The van der Waals surface area contributed by atoms with Crippen molar-refractivity contribution in [2.75, 3.05) is 6.54 Å². The number of aromatic nitrogens is 2. The van der Waals surface area contributed by atoms with Gasteiger partial charge in [0.2, 0.25) is 0 Å². The van der Waals surface area contributed by atoms with E-state index in [1.165, 1.54) is 5.52 Å². The molecule has 1 heterocycles. The molecule has 4 heteroatoms. The molecule has 28 heavy (non-hydrogen) atoms. The van der Waals surface area contributed by atoms with Crippen LogP contribution in [0.5, 0.6) is 0 Å². The third kappa shape index (κ3) is 5.10. The van der Waals surface area contributed by atoms with E-state index in [4.69, 9.17) is 4.98 Å². The lowest BCUT2D eigenvalue weighted by atomic mass is 10.1. The van der Waals surface area contributed by atoms with Gasteiger partial charge in [-0.1, -0.05) is 48.4 Å². The van der Waals surface area contributed by atoms with Crippen LogP contribution in [0.4, 0.5) is 0 Å². The van der Waals surface area contributed by atoms with Gasteiger partial charge in [0.25, 0.3) is 5.91 Å². The molecule has 0 spiro atoms. The van der Waals surface area contributed by atoms with E-state index < -0.39 is 0 Å². The Bertz CT molecular complexity index is 971. The van der Waals surface area contributed by atoms with Gasteiger partial charge in [0.1, 0.15) is 5.82 Å². The highest BCUT2D eigenvalue weighted by Crippen LogP contribution is 2.19.